The van der Waals surface area contributed by atoms with Crippen LogP contribution in [0.15, 0.2) is 29.6 Å². The number of nitrogens with zero attached hydrogens (tertiary/aromatic N) is 2. The van der Waals surface area contributed by atoms with Gasteiger partial charge in [0.1, 0.15) is 5.71 Å². The lowest BCUT2D eigenvalue weighted by Gasteiger charge is -2.19. The van der Waals surface area contributed by atoms with Gasteiger partial charge >= 0.3 is 0 Å². The minimum absolute atomic E-state index is 0.309. The smallest absolute Gasteiger partial charge is 0.268 e. The van der Waals surface area contributed by atoms with Crippen molar-refractivity contribution in [2.24, 2.45) is 5.10 Å². The van der Waals surface area contributed by atoms with Gasteiger partial charge in [-0.1, -0.05) is 0 Å². The average Bonchev–Trinajstić information content (AvgIpc) is 2.56. The maximum atomic E-state index is 11.5. The van der Waals surface area contributed by atoms with Crippen molar-refractivity contribution in [2.45, 2.75) is 12.5 Å². The van der Waals surface area contributed by atoms with Crippen LogP contribution in [0.1, 0.15) is 12.5 Å². The predicted molar refractivity (Wildman–Crippen MR) is 51.8 cm³/mol. The van der Waals surface area contributed by atoms with Gasteiger partial charge in [0, 0.05) is 10.8 Å². The van der Waals surface area contributed by atoms with Gasteiger partial charge in [0.2, 0.25) is 12.4 Å². The van der Waals surface area contributed by atoms with Crippen LogP contribution in [0.2, 0.25) is 0 Å². The highest BCUT2D eigenvalue weighted by atomic mass is 16.5. The number of hydrogen-bond acceptors (Lipinski definition) is 5. The van der Waals surface area contributed by atoms with Crippen molar-refractivity contribution >= 4 is 11.6 Å². The minimum Gasteiger partial charge on any atom is -0.315 e. The molecule has 0 bridgehead atoms. The van der Waals surface area contributed by atoms with Gasteiger partial charge in [0.25, 0.3) is 5.91 Å². The molecule has 2 rings (SSSR count). The monoisotopic (exact) mass is 223 g/mol. The zero-order valence-corrected chi connectivity index (χ0v) is 8.51. The summed E-state index contributed by atoms with van der Waals surface area (Å²) >= 11 is 0. The molecule has 84 valence electrons. The maximum absolute atomic E-state index is 11.5. The van der Waals surface area contributed by atoms with Crippen LogP contribution >= 0.6 is 0 Å². The van der Waals surface area contributed by atoms with Crippen LogP contribution in [0.5, 0.6) is 0 Å². The predicted octanol–water partition coefficient (Wildman–Crippen LogP) is -1.22. The van der Waals surface area contributed by atoms with Gasteiger partial charge in [-0.25, -0.2) is 5.43 Å². The Kier molecular flexibility index (Phi) is 2.33. The van der Waals surface area contributed by atoms with E-state index in [-0.39, 0.29) is 0 Å². The van der Waals surface area contributed by atoms with Crippen LogP contribution in [-0.4, -0.2) is 27.6 Å². The molecule has 7 heteroatoms. The van der Waals surface area contributed by atoms with Gasteiger partial charge in [-0.3, -0.25) is 10.0 Å². The second-order valence-corrected chi connectivity index (χ2v) is 3.61. The molecule has 16 heavy (non-hydrogen) atoms. The van der Waals surface area contributed by atoms with Gasteiger partial charge in [-0.05, 0) is 13.0 Å². The fraction of sp³-hybridized carbons (Fsp3) is 0.222. The first-order chi connectivity index (χ1) is 7.58. The number of nitrogens with one attached hydrogen (secondary N) is 2. The van der Waals surface area contributed by atoms with Crippen LogP contribution < -0.4 is 15.6 Å². The summed E-state index contributed by atoms with van der Waals surface area (Å²) in [6.45, 7) is 1.49. The first-order valence-electron chi connectivity index (χ1n) is 4.59. The van der Waals surface area contributed by atoms with Crippen molar-refractivity contribution in [1.29, 1.82) is 0 Å². The molecular formula is C9H11N4O3+. The van der Waals surface area contributed by atoms with Crippen LogP contribution in [-0.2, 0) is 4.79 Å². The van der Waals surface area contributed by atoms with Crippen molar-refractivity contribution in [1.82, 2.24) is 10.9 Å². The van der Waals surface area contributed by atoms with Gasteiger partial charge < -0.3 is 5.21 Å². The van der Waals surface area contributed by atoms with E-state index < -0.39 is 11.4 Å². The first-order valence-corrected chi connectivity index (χ1v) is 4.59. The van der Waals surface area contributed by atoms with Crippen LogP contribution in [0.25, 0.3) is 0 Å². The highest BCUT2D eigenvalue weighted by molar-refractivity contribution is 6.22. The molecule has 1 aliphatic rings. The van der Waals surface area contributed by atoms with E-state index in [0.29, 0.717) is 11.3 Å². The van der Waals surface area contributed by atoms with E-state index in [0.717, 1.165) is 4.73 Å². The zero-order chi connectivity index (χ0) is 11.8. The third-order valence-corrected chi connectivity index (χ3v) is 2.48. The molecule has 0 saturated heterocycles. The number of hydroxylamine groups is 1. The van der Waals surface area contributed by atoms with Crippen molar-refractivity contribution < 1.29 is 19.9 Å². The molecule has 1 aromatic rings. The molecule has 0 spiro atoms. The molecule has 0 aromatic carbocycles. The molecule has 7 nitrogen and oxygen atoms in total. The molecule has 1 amide bonds. The fourth-order valence-electron chi connectivity index (χ4n) is 1.50. The number of pyridine rings is 1. The van der Waals surface area contributed by atoms with E-state index in [9.17, 15) is 10.0 Å². The first kappa shape index (κ1) is 10.5. The van der Waals surface area contributed by atoms with E-state index in [1.54, 1.807) is 12.1 Å². The lowest BCUT2D eigenvalue weighted by Crippen LogP contribution is -2.54. The van der Waals surface area contributed by atoms with Gasteiger partial charge in [0.05, 0.1) is 5.56 Å². The largest absolute Gasteiger partial charge is 0.315 e. The van der Waals surface area contributed by atoms with Crippen LogP contribution in [0.3, 0.4) is 0 Å². The van der Waals surface area contributed by atoms with Crippen LogP contribution in [0.4, 0.5) is 0 Å². The number of hydrazone groups is 1. The maximum Gasteiger partial charge on any atom is 0.268 e. The summed E-state index contributed by atoms with van der Waals surface area (Å²) in [6.07, 6.45) is 2.81. The SMILES string of the molecule is CC1(NO)C(=O)NN=C1c1ccc[n+](O)c1. The zero-order valence-electron chi connectivity index (χ0n) is 8.51. The Morgan fingerprint density at radius 3 is 3.00 bits per heavy atom. The molecule has 1 unspecified atom stereocenters. The van der Waals surface area contributed by atoms with E-state index in [4.69, 9.17) is 5.21 Å². The minimum atomic E-state index is -1.31. The lowest BCUT2D eigenvalue weighted by atomic mass is 9.92. The van der Waals surface area contributed by atoms with Crippen LogP contribution in [0, 0.1) is 0 Å². The Bertz CT molecular complexity index is 474. The molecule has 0 aliphatic carbocycles. The number of carbonyl (C=O) groups excluding carboxylic acids is 1. The molecule has 1 atom stereocenters. The summed E-state index contributed by atoms with van der Waals surface area (Å²) in [7, 11) is 0. The Balaban J connectivity index is 2.46. The second-order valence-electron chi connectivity index (χ2n) is 3.61. The lowest BCUT2D eigenvalue weighted by molar-refractivity contribution is -0.904. The summed E-state index contributed by atoms with van der Waals surface area (Å²) < 4.78 is 0.846. The van der Waals surface area contributed by atoms with Crippen molar-refractivity contribution in [3.8, 4) is 0 Å². The van der Waals surface area contributed by atoms with E-state index in [1.807, 2.05) is 5.48 Å². The number of carbonyl (C=O) groups is 1. The molecule has 1 aromatic heterocycles. The number of hydrogen-bond donors (Lipinski definition) is 4. The number of amides is 1. The van der Waals surface area contributed by atoms with E-state index in [2.05, 4.69) is 10.5 Å². The molecular weight excluding hydrogens is 212 g/mol. The number of aromatic nitrogens is 1. The van der Waals surface area contributed by atoms with Gasteiger partial charge in [-0.2, -0.15) is 10.6 Å². The molecule has 1 aliphatic heterocycles. The second kappa shape index (κ2) is 3.54. The molecule has 0 radical (unpaired) electrons. The standard InChI is InChI=1S/C9H10N4O3/c1-9(12-15)7(10-11-8(9)14)6-3-2-4-13(16)5-6/h2-5,12,15H,1H3,(H-,11,14,16)/p+1. The van der Waals surface area contributed by atoms with E-state index >= 15 is 0 Å². The molecule has 4 N–H and O–H groups in total. The molecule has 0 saturated carbocycles. The Hall–Kier alpha value is -1.99. The molecule has 2 heterocycles. The van der Waals surface area contributed by atoms with Crippen molar-refractivity contribution in [3.63, 3.8) is 0 Å². The summed E-state index contributed by atoms with van der Waals surface area (Å²) in [6, 6.07) is 3.26. The summed E-state index contributed by atoms with van der Waals surface area (Å²) in [5.74, 6) is -0.460. The Labute approximate surface area is 90.9 Å². The highest BCUT2D eigenvalue weighted by Crippen LogP contribution is 2.17. The summed E-state index contributed by atoms with van der Waals surface area (Å²) in [5, 5.41) is 22.1. The topological polar surface area (TPSA) is 97.8 Å². The summed E-state index contributed by atoms with van der Waals surface area (Å²) in [4.78, 5) is 11.5. The fourth-order valence-corrected chi connectivity index (χ4v) is 1.50. The molecule has 0 fully saturated rings. The third-order valence-electron chi connectivity index (χ3n) is 2.48. The highest BCUT2D eigenvalue weighted by Gasteiger charge is 2.44. The summed E-state index contributed by atoms with van der Waals surface area (Å²) in [5.41, 5.74) is 3.71. The Morgan fingerprint density at radius 2 is 2.38 bits per heavy atom. The Morgan fingerprint density at radius 1 is 1.62 bits per heavy atom. The van der Waals surface area contributed by atoms with Gasteiger partial charge in [-0.15, -0.1) is 0 Å². The van der Waals surface area contributed by atoms with Crippen molar-refractivity contribution in [2.75, 3.05) is 0 Å². The number of rotatable bonds is 2. The average molecular weight is 223 g/mol. The quantitative estimate of drug-likeness (QED) is 0.287. The third kappa shape index (κ3) is 1.42. The van der Waals surface area contributed by atoms with E-state index in [1.165, 1.54) is 19.3 Å². The normalized spacial score (nSPS) is 24.1. The van der Waals surface area contributed by atoms with Crippen molar-refractivity contribution in [3.05, 3.63) is 30.1 Å². The van der Waals surface area contributed by atoms with Gasteiger partial charge in [0.15, 0.2) is 5.54 Å².